The lowest BCUT2D eigenvalue weighted by Crippen LogP contribution is -2.40. The number of hydrogen-bond donors (Lipinski definition) is 2. The van der Waals surface area contributed by atoms with Crippen LogP contribution >= 0.6 is 0 Å². The number of aromatic nitrogens is 1. The van der Waals surface area contributed by atoms with Crippen molar-refractivity contribution in [1.82, 2.24) is 15.2 Å². The topological polar surface area (TPSA) is 57.4 Å². The SMILES string of the molecule is COc1ccc([C@@H](CNC(=O)c2cc3cc(F)ccc3[nH]2)N2CCCCC2)cc1. The van der Waals surface area contributed by atoms with Crippen LogP contribution in [0.4, 0.5) is 4.39 Å². The maximum Gasteiger partial charge on any atom is 0.267 e. The van der Waals surface area contributed by atoms with Crippen molar-refractivity contribution in [3.63, 3.8) is 0 Å². The van der Waals surface area contributed by atoms with Crippen LogP contribution in [-0.2, 0) is 0 Å². The molecule has 0 aliphatic carbocycles. The number of nitrogens with zero attached hydrogens (tertiary/aromatic N) is 1. The van der Waals surface area contributed by atoms with Crippen LogP contribution in [0.5, 0.6) is 5.75 Å². The second-order valence-electron chi connectivity index (χ2n) is 7.51. The Morgan fingerprint density at radius 2 is 1.90 bits per heavy atom. The molecule has 3 aromatic rings. The molecule has 2 aromatic carbocycles. The molecule has 2 heterocycles. The maximum absolute atomic E-state index is 13.4. The summed E-state index contributed by atoms with van der Waals surface area (Å²) in [4.78, 5) is 18.3. The molecule has 29 heavy (non-hydrogen) atoms. The Hall–Kier alpha value is -2.86. The average Bonchev–Trinajstić information content (AvgIpc) is 3.18. The van der Waals surface area contributed by atoms with E-state index in [0.717, 1.165) is 29.9 Å². The third kappa shape index (κ3) is 4.43. The van der Waals surface area contributed by atoms with Gasteiger partial charge in [0.25, 0.3) is 5.91 Å². The summed E-state index contributed by atoms with van der Waals surface area (Å²) in [5, 5.41) is 3.75. The van der Waals surface area contributed by atoms with E-state index in [0.29, 0.717) is 17.6 Å². The minimum atomic E-state index is -0.312. The first-order chi connectivity index (χ1) is 14.1. The summed E-state index contributed by atoms with van der Waals surface area (Å²) in [6, 6.07) is 14.3. The number of halogens is 1. The summed E-state index contributed by atoms with van der Waals surface area (Å²) in [5.41, 5.74) is 2.35. The van der Waals surface area contributed by atoms with E-state index in [9.17, 15) is 9.18 Å². The number of likely N-dealkylation sites (tertiary alicyclic amines) is 1. The fraction of sp³-hybridized carbons (Fsp3) is 0.348. The van der Waals surface area contributed by atoms with Crippen LogP contribution in [0, 0.1) is 5.82 Å². The first-order valence-electron chi connectivity index (χ1n) is 10.1. The number of rotatable bonds is 6. The van der Waals surface area contributed by atoms with Gasteiger partial charge in [-0.3, -0.25) is 9.69 Å². The van der Waals surface area contributed by atoms with E-state index >= 15 is 0 Å². The Balaban J connectivity index is 1.50. The molecule has 1 atom stereocenters. The monoisotopic (exact) mass is 395 g/mol. The van der Waals surface area contributed by atoms with E-state index < -0.39 is 0 Å². The molecule has 0 saturated carbocycles. The van der Waals surface area contributed by atoms with E-state index in [-0.39, 0.29) is 17.8 Å². The molecule has 4 rings (SSSR count). The molecule has 0 spiro atoms. The molecule has 1 aliphatic heterocycles. The number of H-pyrrole nitrogens is 1. The lowest BCUT2D eigenvalue weighted by atomic mass is 10.0. The highest BCUT2D eigenvalue weighted by atomic mass is 19.1. The minimum Gasteiger partial charge on any atom is -0.497 e. The van der Waals surface area contributed by atoms with Gasteiger partial charge < -0.3 is 15.0 Å². The fourth-order valence-corrected chi connectivity index (χ4v) is 4.02. The predicted molar refractivity (Wildman–Crippen MR) is 112 cm³/mol. The van der Waals surface area contributed by atoms with Crippen molar-refractivity contribution in [1.29, 1.82) is 0 Å². The number of amides is 1. The molecule has 1 aromatic heterocycles. The van der Waals surface area contributed by atoms with Gasteiger partial charge in [0.05, 0.1) is 13.2 Å². The van der Waals surface area contributed by atoms with Gasteiger partial charge in [0, 0.05) is 17.4 Å². The Morgan fingerprint density at radius 3 is 2.62 bits per heavy atom. The van der Waals surface area contributed by atoms with Crippen LogP contribution < -0.4 is 10.1 Å². The van der Waals surface area contributed by atoms with Crippen LogP contribution in [0.1, 0.15) is 41.4 Å². The van der Waals surface area contributed by atoms with Gasteiger partial charge >= 0.3 is 0 Å². The molecule has 5 nitrogen and oxygen atoms in total. The molecular formula is C23H26FN3O2. The van der Waals surface area contributed by atoms with Crippen molar-refractivity contribution in [2.75, 3.05) is 26.7 Å². The van der Waals surface area contributed by atoms with Gasteiger partial charge in [-0.1, -0.05) is 18.6 Å². The van der Waals surface area contributed by atoms with E-state index in [2.05, 4.69) is 27.3 Å². The number of nitrogens with one attached hydrogen (secondary N) is 2. The van der Waals surface area contributed by atoms with Gasteiger partial charge in [-0.2, -0.15) is 0 Å². The van der Waals surface area contributed by atoms with Crippen molar-refractivity contribution in [3.8, 4) is 5.75 Å². The van der Waals surface area contributed by atoms with Crippen molar-refractivity contribution >= 4 is 16.8 Å². The summed E-state index contributed by atoms with van der Waals surface area (Å²) in [6.45, 7) is 2.56. The first kappa shape index (κ1) is 19.5. The number of fused-ring (bicyclic) bond motifs is 1. The van der Waals surface area contributed by atoms with E-state index in [1.165, 1.54) is 31.4 Å². The van der Waals surface area contributed by atoms with Gasteiger partial charge in [0.2, 0.25) is 0 Å². The number of carbonyl (C=O) groups is 1. The highest BCUT2D eigenvalue weighted by Crippen LogP contribution is 2.26. The van der Waals surface area contributed by atoms with Crippen molar-refractivity contribution < 1.29 is 13.9 Å². The Kier molecular flexibility index (Phi) is 5.81. The first-order valence-corrected chi connectivity index (χ1v) is 10.1. The number of benzene rings is 2. The van der Waals surface area contributed by atoms with Crippen molar-refractivity contribution in [2.45, 2.75) is 25.3 Å². The standard InChI is InChI=1S/C23H26FN3O2/c1-29-19-8-5-16(6-9-19)22(27-11-3-2-4-12-27)15-25-23(28)21-14-17-13-18(24)7-10-20(17)26-21/h5-10,13-14,22,26H,2-4,11-12,15H2,1H3,(H,25,28)/t22-/m1/s1. The third-order valence-corrected chi connectivity index (χ3v) is 5.62. The molecule has 0 unspecified atom stereocenters. The molecular weight excluding hydrogens is 369 g/mol. The van der Waals surface area contributed by atoms with E-state index in [1.807, 2.05) is 12.1 Å². The van der Waals surface area contributed by atoms with Crippen LogP contribution in [0.25, 0.3) is 10.9 Å². The minimum absolute atomic E-state index is 0.104. The molecule has 152 valence electrons. The number of piperidine rings is 1. The highest BCUT2D eigenvalue weighted by molar-refractivity contribution is 5.98. The Bertz CT molecular complexity index is 977. The molecule has 1 aliphatic rings. The zero-order chi connectivity index (χ0) is 20.2. The number of ether oxygens (including phenoxy) is 1. The Morgan fingerprint density at radius 1 is 1.14 bits per heavy atom. The second-order valence-corrected chi connectivity index (χ2v) is 7.51. The number of hydrogen-bond acceptors (Lipinski definition) is 3. The number of aromatic amines is 1. The molecule has 2 N–H and O–H groups in total. The van der Waals surface area contributed by atoms with Crippen LogP contribution in [-0.4, -0.2) is 42.5 Å². The van der Waals surface area contributed by atoms with Crippen LogP contribution in [0.2, 0.25) is 0 Å². The number of carbonyl (C=O) groups excluding carboxylic acids is 1. The molecule has 1 amide bonds. The second kappa shape index (κ2) is 8.66. The lowest BCUT2D eigenvalue weighted by Gasteiger charge is -2.35. The van der Waals surface area contributed by atoms with Crippen molar-refractivity contribution in [3.05, 3.63) is 65.6 Å². The summed E-state index contributed by atoms with van der Waals surface area (Å²) < 4.78 is 18.7. The Labute approximate surface area is 169 Å². The molecule has 0 radical (unpaired) electrons. The quantitative estimate of drug-likeness (QED) is 0.655. The van der Waals surface area contributed by atoms with Gasteiger partial charge in [-0.15, -0.1) is 0 Å². The molecule has 6 heteroatoms. The lowest BCUT2D eigenvalue weighted by molar-refractivity contribution is 0.0920. The number of methoxy groups -OCH3 is 1. The average molecular weight is 395 g/mol. The van der Waals surface area contributed by atoms with Gasteiger partial charge in [-0.05, 0) is 67.9 Å². The summed E-state index contributed by atoms with van der Waals surface area (Å²) in [7, 11) is 1.66. The summed E-state index contributed by atoms with van der Waals surface area (Å²) in [6.07, 6.45) is 3.60. The van der Waals surface area contributed by atoms with E-state index in [1.54, 1.807) is 19.2 Å². The van der Waals surface area contributed by atoms with Crippen LogP contribution in [0.3, 0.4) is 0 Å². The fourth-order valence-electron chi connectivity index (χ4n) is 4.02. The highest BCUT2D eigenvalue weighted by Gasteiger charge is 2.23. The van der Waals surface area contributed by atoms with Crippen LogP contribution in [0.15, 0.2) is 48.5 Å². The summed E-state index contributed by atoms with van der Waals surface area (Å²) >= 11 is 0. The molecule has 1 fully saturated rings. The largest absolute Gasteiger partial charge is 0.497 e. The van der Waals surface area contributed by atoms with Gasteiger partial charge in [0.15, 0.2) is 0 Å². The normalized spacial score (nSPS) is 15.9. The maximum atomic E-state index is 13.4. The third-order valence-electron chi connectivity index (χ3n) is 5.62. The molecule has 1 saturated heterocycles. The van der Waals surface area contributed by atoms with Crippen molar-refractivity contribution in [2.24, 2.45) is 0 Å². The summed E-state index contributed by atoms with van der Waals surface area (Å²) in [5.74, 6) is 0.325. The zero-order valence-corrected chi connectivity index (χ0v) is 16.6. The van der Waals surface area contributed by atoms with Gasteiger partial charge in [-0.25, -0.2) is 4.39 Å². The predicted octanol–water partition coefficient (Wildman–Crippen LogP) is 4.27. The molecule has 0 bridgehead atoms. The van der Waals surface area contributed by atoms with E-state index in [4.69, 9.17) is 4.74 Å². The van der Waals surface area contributed by atoms with Gasteiger partial charge in [0.1, 0.15) is 17.3 Å². The smallest absolute Gasteiger partial charge is 0.267 e. The zero-order valence-electron chi connectivity index (χ0n) is 16.6.